The number of amides is 1. The highest BCUT2D eigenvalue weighted by Crippen LogP contribution is 2.23. The number of hydrogen-bond acceptors (Lipinski definition) is 5. The maximum atomic E-state index is 11.6. The van der Waals surface area contributed by atoms with Gasteiger partial charge in [-0.2, -0.15) is 0 Å². The van der Waals surface area contributed by atoms with Gasteiger partial charge < -0.3 is 23.9 Å². The van der Waals surface area contributed by atoms with E-state index in [9.17, 15) is 4.79 Å². The van der Waals surface area contributed by atoms with Gasteiger partial charge in [-0.3, -0.25) is 0 Å². The first-order chi connectivity index (χ1) is 8.94. The van der Waals surface area contributed by atoms with Crippen molar-refractivity contribution in [3.63, 3.8) is 0 Å². The zero-order valence-corrected chi connectivity index (χ0v) is 11.3. The van der Waals surface area contributed by atoms with Gasteiger partial charge in [-0.25, -0.2) is 4.79 Å². The Balaban J connectivity index is 1.76. The summed E-state index contributed by atoms with van der Waals surface area (Å²) >= 11 is 0. The Hall–Kier alpha value is -1.53. The molecule has 1 aliphatic heterocycles. The monoisotopic (exact) mass is 269 g/mol. The summed E-state index contributed by atoms with van der Waals surface area (Å²) in [6.45, 7) is 6.18. The summed E-state index contributed by atoms with van der Waals surface area (Å²) in [5, 5.41) is 2.71. The van der Waals surface area contributed by atoms with Crippen LogP contribution in [0.2, 0.25) is 0 Å². The van der Waals surface area contributed by atoms with Crippen molar-refractivity contribution in [3.8, 4) is 0 Å². The second-order valence-corrected chi connectivity index (χ2v) is 5.40. The molecule has 1 fully saturated rings. The molecule has 2 rings (SSSR count). The number of ether oxygens (including phenoxy) is 3. The van der Waals surface area contributed by atoms with E-state index in [-0.39, 0.29) is 6.04 Å². The maximum absolute atomic E-state index is 11.6. The van der Waals surface area contributed by atoms with Gasteiger partial charge in [0.05, 0.1) is 31.8 Å². The molecule has 0 atom stereocenters. The van der Waals surface area contributed by atoms with Crippen LogP contribution in [-0.4, -0.2) is 30.9 Å². The second-order valence-electron chi connectivity index (χ2n) is 5.40. The molecule has 0 radical (unpaired) electrons. The molecule has 0 saturated carbocycles. The fourth-order valence-electron chi connectivity index (χ4n) is 1.66. The molecule has 1 amide bonds. The van der Waals surface area contributed by atoms with E-state index in [0.29, 0.717) is 13.2 Å². The molecule has 6 heteroatoms. The van der Waals surface area contributed by atoms with Crippen molar-refractivity contribution in [1.82, 2.24) is 5.32 Å². The molecular weight excluding hydrogens is 250 g/mol. The molecular formula is C13H19NO5. The molecule has 1 aliphatic rings. The fraction of sp³-hybridized carbons (Fsp3) is 0.615. The SMILES string of the molecule is CC(C)(C)OC(=O)NC1COC(c2ccoc2)OC1. The topological polar surface area (TPSA) is 69.9 Å². The Morgan fingerprint density at radius 3 is 2.58 bits per heavy atom. The summed E-state index contributed by atoms with van der Waals surface area (Å²) in [6.07, 6.45) is 2.24. The number of furan rings is 1. The van der Waals surface area contributed by atoms with E-state index >= 15 is 0 Å². The van der Waals surface area contributed by atoms with Crippen LogP contribution in [0.4, 0.5) is 4.79 Å². The van der Waals surface area contributed by atoms with Crippen molar-refractivity contribution >= 4 is 6.09 Å². The Kier molecular flexibility index (Phi) is 4.11. The lowest BCUT2D eigenvalue weighted by Gasteiger charge is -2.30. The average Bonchev–Trinajstić information content (AvgIpc) is 2.80. The highest BCUT2D eigenvalue weighted by atomic mass is 16.7. The van der Waals surface area contributed by atoms with Gasteiger partial charge in [0.2, 0.25) is 0 Å². The van der Waals surface area contributed by atoms with Crippen LogP contribution in [0, 0.1) is 0 Å². The van der Waals surface area contributed by atoms with Gasteiger partial charge >= 0.3 is 6.09 Å². The lowest BCUT2D eigenvalue weighted by molar-refractivity contribution is -0.193. The van der Waals surface area contributed by atoms with Crippen molar-refractivity contribution in [2.24, 2.45) is 0 Å². The van der Waals surface area contributed by atoms with Crippen LogP contribution in [0.1, 0.15) is 32.6 Å². The average molecular weight is 269 g/mol. The van der Waals surface area contributed by atoms with Crippen LogP contribution < -0.4 is 5.32 Å². The highest BCUT2D eigenvalue weighted by molar-refractivity contribution is 5.68. The highest BCUT2D eigenvalue weighted by Gasteiger charge is 2.26. The molecule has 1 aromatic rings. The zero-order valence-electron chi connectivity index (χ0n) is 11.3. The summed E-state index contributed by atoms with van der Waals surface area (Å²) in [4.78, 5) is 11.6. The number of nitrogens with one attached hydrogen (secondary N) is 1. The fourth-order valence-corrected chi connectivity index (χ4v) is 1.66. The lowest BCUT2D eigenvalue weighted by Crippen LogP contribution is -2.46. The lowest BCUT2D eigenvalue weighted by atomic mass is 10.2. The molecule has 0 aliphatic carbocycles. The summed E-state index contributed by atoms with van der Waals surface area (Å²) < 4.78 is 21.2. The van der Waals surface area contributed by atoms with Gasteiger partial charge in [-0.1, -0.05) is 0 Å². The molecule has 2 heterocycles. The van der Waals surface area contributed by atoms with Gasteiger partial charge in [-0.15, -0.1) is 0 Å². The predicted molar refractivity (Wildman–Crippen MR) is 66.5 cm³/mol. The predicted octanol–water partition coefficient (Wildman–Crippen LogP) is 2.22. The van der Waals surface area contributed by atoms with E-state index < -0.39 is 18.0 Å². The standard InChI is InChI=1S/C13H19NO5/c1-13(2,3)19-12(15)14-10-7-17-11(18-8-10)9-4-5-16-6-9/h4-6,10-11H,7-8H2,1-3H3,(H,14,15). The number of carbonyl (C=O) groups is 1. The van der Waals surface area contributed by atoms with E-state index in [1.165, 1.54) is 0 Å². The normalized spacial score (nSPS) is 23.9. The summed E-state index contributed by atoms with van der Waals surface area (Å²) in [5.41, 5.74) is 0.315. The van der Waals surface area contributed by atoms with Crippen LogP contribution in [0.5, 0.6) is 0 Å². The molecule has 0 aromatic carbocycles. The van der Waals surface area contributed by atoms with E-state index in [2.05, 4.69) is 5.32 Å². The van der Waals surface area contributed by atoms with Crippen molar-refractivity contribution < 1.29 is 23.4 Å². The van der Waals surface area contributed by atoms with Crippen LogP contribution >= 0.6 is 0 Å². The summed E-state index contributed by atoms with van der Waals surface area (Å²) in [5.74, 6) is 0. The van der Waals surface area contributed by atoms with Gasteiger partial charge in [0, 0.05) is 5.56 Å². The van der Waals surface area contributed by atoms with Gasteiger partial charge in [0.25, 0.3) is 0 Å². The Morgan fingerprint density at radius 2 is 2.05 bits per heavy atom. The van der Waals surface area contributed by atoms with Crippen molar-refractivity contribution in [2.45, 2.75) is 38.7 Å². The zero-order chi connectivity index (χ0) is 13.9. The molecule has 1 N–H and O–H groups in total. The van der Waals surface area contributed by atoms with Gasteiger partial charge in [-0.05, 0) is 26.8 Å². The molecule has 0 unspecified atom stereocenters. The van der Waals surface area contributed by atoms with Crippen molar-refractivity contribution in [1.29, 1.82) is 0 Å². The van der Waals surface area contributed by atoms with Crippen molar-refractivity contribution in [3.05, 3.63) is 24.2 Å². The Labute approximate surface area is 112 Å². The number of alkyl carbamates (subject to hydrolysis) is 1. The first-order valence-electron chi connectivity index (χ1n) is 6.19. The Bertz CT molecular complexity index is 401. The third-order valence-corrected chi connectivity index (χ3v) is 2.43. The minimum Gasteiger partial charge on any atom is -0.472 e. The van der Waals surface area contributed by atoms with Crippen molar-refractivity contribution in [2.75, 3.05) is 13.2 Å². The molecule has 0 spiro atoms. The first kappa shape index (κ1) is 13.9. The van der Waals surface area contributed by atoms with Crippen LogP contribution in [0.15, 0.2) is 23.0 Å². The first-order valence-corrected chi connectivity index (χ1v) is 6.19. The molecule has 0 bridgehead atoms. The van der Waals surface area contributed by atoms with E-state index in [0.717, 1.165) is 5.56 Å². The van der Waals surface area contributed by atoms with E-state index in [4.69, 9.17) is 18.6 Å². The number of hydrogen-bond donors (Lipinski definition) is 1. The minimum atomic E-state index is -0.514. The van der Waals surface area contributed by atoms with Gasteiger partial charge in [0.15, 0.2) is 6.29 Å². The molecule has 1 saturated heterocycles. The molecule has 1 aromatic heterocycles. The minimum absolute atomic E-state index is 0.210. The Morgan fingerprint density at radius 1 is 1.37 bits per heavy atom. The quantitative estimate of drug-likeness (QED) is 0.891. The van der Waals surface area contributed by atoms with Crippen LogP contribution in [0.25, 0.3) is 0 Å². The number of carbonyl (C=O) groups excluding carboxylic acids is 1. The van der Waals surface area contributed by atoms with Gasteiger partial charge in [0.1, 0.15) is 5.60 Å². The summed E-state index contributed by atoms with van der Waals surface area (Å²) in [7, 11) is 0. The largest absolute Gasteiger partial charge is 0.472 e. The van der Waals surface area contributed by atoms with Crippen LogP contribution in [0.3, 0.4) is 0 Å². The van der Waals surface area contributed by atoms with Crippen LogP contribution in [-0.2, 0) is 14.2 Å². The molecule has 106 valence electrons. The molecule has 19 heavy (non-hydrogen) atoms. The second kappa shape index (κ2) is 5.63. The van der Waals surface area contributed by atoms with E-state index in [1.54, 1.807) is 18.6 Å². The smallest absolute Gasteiger partial charge is 0.408 e. The van der Waals surface area contributed by atoms with E-state index in [1.807, 2.05) is 20.8 Å². The summed E-state index contributed by atoms with van der Waals surface area (Å²) in [6, 6.07) is 1.57. The maximum Gasteiger partial charge on any atom is 0.408 e. The third kappa shape index (κ3) is 4.25. The molecule has 6 nitrogen and oxygen atoms in total. The number of rotatable bonds is 2. The third-order valence-electron chi connectivity index (χ3n) is 2.43.